The number of anilines is 1. The van der Waals surface area contributed by atoms with Crippen LogP contribution in [0.5, 0.6) is 0 Å². The van der Waals surface area contributed by atoms with Gasteiger partial charge in [0.2, 0.25) is 5.91 Å². The third-order valence-electron chi connectivity index (χ3n) is 3.81. The molecule has 1 aliphatic heterocycles. The summed E-state index contributed by atoms with van der Waals surface area (Å²) in [5, 5.41) is 7.75. The molecule has 2 aromatic heterocycles. The van der Waals surface area contributed by atoms with Crippen LogP contribution in [-0.2, 0) is 16.1 Å². The Balaban J connectivity index is 1.58. The first-order valence-corrected chi connectivity index (χ1v) is 8.92. The lowest BCUT2D eigenvalue weighted by Gasteiger charge is -2.35. The fourth-order valence-corrected chi connectivity index (χ4v) is 3.47. The Labute approximate surface area is 149 Å². The largest absolute Gasteiger partial charge is 0.372 e. The van der Waals surface area contributed by atoms with Crippen molar-refractivity contribution in [1.29, 1.82) is 0 Å². The topological polar surface area (TPSA) is 89.3 Å². The van der Waals surface area contributed by atoms with Crippen molar-refractivity contribution >= 4 is 28.8 Å². The molecule has 9 heteroatoms. The average Bonchev–Trinajstić information content (AvgIpc) is 3.15. The van der Waals surface area contributed by atoms with Crippen molar-refractivity contribution in [3.8, 4) is 0 Å². The number of rotatable bonds is 4. The lowest BCUT2D eigenvalue weighted by molar-refractivity contribution is -0.144. The number of aromatic nitrogens is 3. The summed E-state index contributed by atoms with van der Waals surface area (Å²) in [6.07, 6.45) is 4.79. The molecule has 3 heterocycles. The first kappa shape index (κ1) is 17.6. The van der Waals surface area contributed by atoms with Crippen molar-refractivity contribution in [3.63, 3.8) is 0 Å². The van der Waals surface area contributed by atoms with Crippen LogP contribution in [0.2, 0.25) is 0 Å². The number of carbonyl (C=O) groups is 2. The van der Waals surface area contributed by atoms with Crippen molar-refractivity contribution in [3.05, 3.63) is 28.5 Å². The number of ether oxygens (including phenoxy) is 1. The van der Waals surface area contributed by atoms with Gasteiger partial charge in [-0.05, 0) is 20.8 Å². The van der Waals surface area contributed by atoms with E-state index in [1.54, 1.807) is 17.3 Å². The van der Waals surface area contributed by atoms with Crippen LogP contribution in [0.4, 0.5) is 5.69 Å². The summed E-state index contributed by atoms with van der Waals surface area (Å²) >= 11 is 1.33. The Hall–Kier alpha value is -2.26. The third-order valence-corrected chi connectivity index (χ3v) is 4.72. The molecule has 0 bridgehead atoms. The number of nitrogens with one attached hydrogen (secondary N) is 1. The molecule has 0 saturated carbocycles. The number of hydrogen-bond donors (Lipinski definition) is 1. The van der Waals surface area contributed by atoms with E-state index in [0.717, 1.165) is 5.01 Å². The van der Waals surface area contributed by atoms with Crippen molar-refractivity contribution in [2.75, 3.05) is 18.4 Å². The van der Waals surface area contributed by atoms with Crippen molar-refractivity contribution in [1.82, 2.24) is 19.7 Å². The molecule has 1 fully saturated rings. The highest BCUT2D eigenvalue weighted by atomic mass is 32.1. The maximum Gasteiger partial charge on any atom is 0.267 e. The van der Waals surface area contributed by atoms with Gasteiger partial charge in [-0.25, -0.2) is 4.98 Å². The van der Waals surface area contributed by atoms with Gasteiger partial charge in [0.25, 0.3) is 5.91 Å². The molecule has 1 N–H and O–H groups in total. The van der Waals surface area contributed by atoms with Crippen LogP contribution in [0.15, 0.2) is 18.6 Å². The maximum absolute atomic E-state index is 12.4. The second kappa shape index (κ2) is 7.32. The number of aryl methyl sites for hydroxylation is 1. The summed E-state index contributed by atoms with van der Waals surface area (Å²) < 4.78 is 7.17. The molecule has 8 nitrogen and oxygen atoms in total. The van der Waals surface area contributed by atoms with Gasteiger partial charge in [0.1, 0.15) is 11.4 Å². The van der Waals surface area contributed by atoms with Gasteiger partial charge >= 0.3 is 0 Å². The molecule has 2 atom stereocenters. The first-order valence-electron chi connectivity index (χ1n) is 8.10. The lowest BCUT2D eigenvalue weighted by Crippen LogP contribution is -2.49. The van der Waals surface area contributed by atoms with E-state index in [2.05, 4.69) is 15.4 Å². The van der Waals surface area contributed by atoms with Gasteiger partial charge in [0, 0.05) is 19.3 Å². The summed E-state index contributed by atoms with van der Waals surface area (Å²) in [5.41, 5.74) is 0.549. The third kappa shape index (κ3) is 4.43. The predicted octanol–water partition coefficient (Wildman–Crippen LogP) is 1.54. The molecule has 0 spiro atoms. The minimum absolute atomic E-state index is 0.0129. The molecule has 0 aliphatic carbocycles. The van der Waals surface area contributed by atoms with Crippen LogP contribution >= 0.6 is 11.3 Å². The molecule has 2 amide bonds. The van der Waals surface area contributed by atoms with E-state index in [9.17, 15) is 9.59 Å². The second-order valence-corrected chi connectivity index (χ2v) is 7.42. The quantitative estimate of drug-likeness (QED) is 0.890. The molecule has 134 valence electrons. The van der Waals surface area contributed by atoms with Gasteiger partial charge in [-0.15, -0.1) is 11.3 Å². The normalized spacial score (nSPS) is 20.5. The predicted molar refractivity (Wildman–Crippen MR) is 93.6 cm³/mol. The zero-order chi connectivity index (χ0) is 18.0. The zero-order valence-electron chi connectivity index (χ0n) is 14.4. The molecule has 2 aromatic rings. The Morgan fingerprint density at radius 3 is 2.68 bits per heavy atom. The van der Waals surface area contributed by atoms with Gasteiger partial charge in [-0.2, -0.15) is 5.10 Å². The highest BCUT2D eigenvalue weighted by molar-refractivity contribution is 7.13. The average molecular weight is 363 g/mol. The number of hydrogen-bond acceptors (Lipinski definition) is 6. The van der Waals surface area contributed by atoms with Crippen LogP contribution in [0.3, 0.4) is 0 Å². The van der Waals surface area contributed by atoms with E-state index in [1.807, 2.05) is 20.8 Å². The molecular weight excluding hydrogens is 342 g/mol. The van der Waals surface area contributed by atoms with Crippen LogP contribution in [0.25, 0.3) is 0 Å². The minimum Gasteiger partial charge on any atom is -0.372 e. The Bertz CT molecular complexity index is 761. The number of nitrogens with zero attached hydrogens (tertiary/aromatic N) is 4. The minimum atomic E-state index is -0.229. The Morgan fingerprint density at radius 1 is 1.32 bits per heavy atom. The lowest BCUT2D eigenvalue weighted by atomic mass is 10.2. The van der Waals surface area contributed by atoms with Gasteiger partial charge in [-0.3, -0.25) is 14.3 Å². The summed E-state index contributed by atoms with van der Waals surface area (Å²) in [7, 11) is 0. The van der Waals surface area contributed by atoms with Crippen LogP contribution in [0, 0.1) is 6.92 Å². The Kier molecular flexibility index (Phi) is 5.14. The van der Waals surface area contributed by atoms with E-state index < -0.39 is 0 Å². The number of amides is 2. The first-order chi connectivity index (χ1) is 11.9. The molecule has 0 radical (unpaired) electrons. The van der Waals surface area contributed by atoms with Crippen LogP contribution < -0.4 is 5.32 Å². The Morgan fingerprint density at radius 2 is 2.04 bits per heavy atom. The standard InChI is InChI=1S/C16H21N5O3S/c1-10-6-20(7-11(2)24-10)15(22)9-21-8-13(4-18-21)19-16(23)14-5-17-12(3)25-14/h4-5,8,10-11H,6-7,9H2,1-3H3,(H,19,23)/t10-,11-/m1/s1. The zero-order valence-corrected chi connectivity index (χ0v) is 15.2. The van der Waals surface area contributed by atoms with Gasteiger partial charge < -0.3 is 15.0 Å². The van der Waals surface area contributed by atoms with E-state index in [4.69, 9.17) is 4.74 Å². The second-order valence-electron chi connectivity index (χ2n) is 6.18. The highest BCUT2D eigenvalue weighted by Gasteiger charge is 2.26. The van der Waals surface area contributed by atoms with Crippen LogP contribution in [0.1, 0.15) is 28.5 Å². The summed E-state index contributed by atoms with van der Waals surface area (Å²) in [4.78, 5) is 30.9. The maximum atomic E-state index is 12.4. The van der Waals surface area contributed by atoms with Gasteiger partial charge in [0.05, 0.1) is 35.3 Å². The smallest absolute Gasteiger partial charge is 0.267 e. The number of morpholine rings is 1. The molecule has 0 unspecified atom stereocenters. The number of thiazole rings is 1. The van der Waals surface area contributed by atoms with E-state index in [0.29, 0.717) is 23.7 Å². The van der Waals surface area contributed by atoms with Gasteiger partial charge in [0.15, 0.2) is 0 Å². The van der Waals surface area contributed by atoms with Crippen molar-refractivity contribution < 1.29 is 14.3 Å². The van der Waals surface area contributed by atoms with Crippen LogP contribution in [-0.4, -0.2) is 56.8 Å². The molecule has 25 heavy (non-hydrogen) atoms. The van der Waals surface area contributed by atoms with Crippen molar-refractivity contribution in [2.24, 2.45) is 0 Å². The summed E-state index contributed by atoms with van der Waals surface area (Å²) in [6.45, 7) is 7.06. The van der Waals surface area contributed by atoms with Gasteiger partial charge in [-0.1, -0.05) is 0 Å². The molecule has 3 rings (SSSR count). The molecular formula is C16H21N5O3S. The van der Waals surface area contributed by atoms with Crippen molar-refractivity contribution in [2.45, 2.75) is 39.5 Å². The van der Waals surface area contributed by atoms with E-state index in [1.165, 1.54) is 22.2 Å². The number of carbonyl (C=O) groups excluding carboxylic acids is 2. The summed E-state index contributed by atoms with van der Waals surface area (Å²) in [6, 6.07) is 0. The SMILES string of the molecule is Cc1ncc(C(=O)Nc2cnn(CC(=O)N3C[C@@H](C)O[C@H](C)C3)c2)s1. The van der Waals surface area contributed by atoms with E-state index in [-0.39, 0.29) is 30.6 Å². The molecule has 1 aliphatic rings. The fourth-order valence-electron chi connectivity index (χ4n) is 2.79. The highest BCUT2D eigenvalue weighted by Crippen LogP contribution is 2.15. The molecule has 0 aromatic carbocycles. The van der Waals surface area contributed by atoms with E-state index >= 15 is 0 Å². The fraction of sp³-hybridized carbons (Fsp3) is 0.500. The summed E-state index contributed by atoms with van der Waals surface area (Å²) in [5.74, 6) is -0.242. The monoisotopic (exact) mass is 363 g/mol. The molecule has 1 saturated heterocycles.